The summed E-state index contributed by atoms with van der Waals surface area (Å²) in [6.07, 6.45) is 0.537. The smallest absolute Gasteiger partial charge is 0.227 e. The maximum absolute atomic E-state index is 13.3. The quantitative estimate of drug-likeness (QED) is 0.705. The fourth-order valence-corrected chi connectivity index (χ4v) is 2.50. The first-order valence-electron chi connectivity index (χ1n) is 8.49. The Kier molecular flexibility index (Phi) is 5.41. The SMILES string of the molecule is CC(C)c1ccc(NC(=O)CCc2nc(-c3cccc(F)c3)no2)cc1. The Bertz CT molecular complexity index is 888. The van der Waals surface area contributed by atoms with Crippen molar-refractivity contribution in [1.29, 1.82) is 0 Å². The summed E-state index contributed by atoms with van der Waals surface area (Å²) in [6, 6.07) is 13.8. The molecule has 0 radical (unpaired) electrons. The van der Waals surface area contributed by atoms with E-state index in [0.29, 0.717) is 29.6 Å². The number of rotatable bonds is 6. The van der Waals surface area contributed by atoms with Crippen molar-refractivity contribution < 1.29 is 13.7 Å². The average Bonchev–Trinajstić information content (AvgIpc) is 3.09. The number of hydrogen-bond acceptors (Lipinski definition) is 4. The maximum Gasteiger partial charge on any atom is 0.227 e. The molecule has 134 valence electrons. The molecule has 2 aromatic carbocycles. The summed E-state index contributed by atoms with van der Waals surface area (Å²) in [5.41, 5.74) is 2.51. The average molecular weight is 353 g/mol. The summed E-state index contributed by atoms with van der Waals surface area (Å²) in [5.74, 6) is 0.604. The summed E-state index contributed by atoms with van der Waals surface area (Å²) >= 11 is 0. The van der Waals surface area contributed by atoms with E-state index in [1.807, 2.05) is 24.3 Å². The molecule has 26 heavy (non-hydrogen) atoms. The Balaban J connectivity index is 1.55. The van der Waals surface area contributed by atoms with E-state index in [2.05, 4.69) is 29.3 Å². The van der Waals surface area contributed by atoms with Gasteiger partial charge in [0.15, 0.2) is 0 Å². The maximum atomic E-state index is 13.3. The minimum atomic E-state index is -0.364. The van der Waals surface area contributed by atoms with Crippen LogP contribution in [0.5, 0.6) is 0 Å². The summed E-state index contributed by atoms with van der Waals surface area (Å²) in [6.45, 7) is 4.24. The molecule has 0 atom stereocenters. The highest BCUT2D eigenvalue weighted by atomic mass is 19.1. The van der Waals surface area contributed by atoms with Crippen molar-refractivity contribution in [3.8, 4) is 11.4 Å². The first kappa shape index (κ1) is 17.8. The van der Waals surface area contributed by atoms with Crippen molar-refractivity contribution in [2.75, 3.05) is 5.32 Å². The molecule has 0 fully saturated rings. The molecule has 0 spiro atoms. The van der Waals surface area contributed by atoms with Crippen LogP contribution in [0.3, 0.4) is 0 Å². The number of hydrogen-bond donors (Lipinski definition) is 1. The number of carbonyl (C=O) groups is 1. The first-order chi connectivity index (χ1) is 12.5. The van der Waals surface area contributed by atoms with Crippen molar-refractivity contribution in [2.24, 2.45) is 0 Å². The van der Waals surface area contributed by atoms with Gasteiger partial charge in [-0.3, -0.25) is 4.79 Å². The number of amides is 1. The van der Waals surface area contributed by atoms with E-state index in [1.54, 1.807) is 12.1 Å². The largest absolute Gasteiger partial charge is 0.339 e. The molecule has 0 aliphatic heterocycles. The van der Waals surface area contributed by atoms with Crippen LogP contribution in [0.25, 0.3) is 11.4 Å². The van der Waals surface area contributed by atoms with Gasteiger partial charge in [0.25, 0.3) is 0 Å². The zero-order chi connectivity index (χ0) is 18.5. The van der Waals surface area contributed by atoms with E-state index in [0.717, 1.165) is 5.69 Å². The summed E-state index contributed by atoms with van der Waals surface area (Å²) in [5, 5.41) is 6.68. The Morgan fingerprint density at radius 3 is 2.65 bits per heavy atom. The van der Waals surface area contributed by atoms with Gasteiger partial charge in [0.05, 0.1) is 0 Å². The van der Waals surface area contributed by atoms with Gasteiger partial charge in [0, 0.05) is 24.1 Å². The molecule has 0 saturated heterocycles. The zero-order valence-corrected chi connectivity index (χ0v) is 14.7. The molecule has 6 heteroatoms. The van der Waals surface area contributed by atoms with Crippen LogP contribution in [-0.2, 0) is 11.2 Å². The van der Waals surface area contributed by atoms with Gasteiger partial charge >= 0.3 is 0 Å². The fraction of sp³-hybridized carbons (Fsp3) is 0.250. The molecule has 0 aliphatic rings. The van der Waals surface area contributed by atoms with Crippen molar-refractivity contribution in [2.45, 2.75) is 32.6 Å². The number of aromatic nitrogens is 2. The lowest BCUT2D eigenvalue weighted by molar-refractivity contribution is -0.116. The van der Waals surface area contributed by atoms with Gasteiger partial charge in [-0.1, -0.05) is 43.3 Å². The second-order valence-electron chi connectivity index (χ2n) is 6.35. The van der Waals surface area contributed by atoms with Crippen molar-refractivity contribution in [3.05, 3.63) is 65.8 Å². The molecule has 0 bridgehead atoms. The minimum absolute atomic E-state index is 0.132. The molecule has 3 aromatic rings. The van der Waals surface area contributed by atoms with E-state index in [4.69, 9.17) is 4.52 Å². The van der Waals surface area contributed by atoms with Crippen LogP contribution in [0.1, 0.15) is 37.6 Å². The third-order valence-electron chi connectivity index (χ3n) is 3.98. The predicted octanol–water partition coefficient (Wildman–Crippen LogP) is 4.57. The molecule has 0 saturated carbocycles. The van der Waals surface area contributed by atoms with Crippen LogP contribution in [0.15, 0.2) is 53.1 Å². The molecular weight excluding hydrogens is 333 g/mol. The van der Waals surface area contributed by atoms with Gasteiger partial charge < -0.3 is 9.84 Å². The molecule has 0 aliphatic carbocycles. The number of anilines is 1. The molecular formula is C20H20FN3O2. The van der Waals surface area contributed by atoms with Crippen LogP contribution >= 0.6 is 0 Å². The lowest BCUT2D eigenvalue weighted by Gasteiger charge is -2.08. The Hall–Kier alpha value is -3.02. The lowest BCUT2D eigenvalue weighted by atomic mass is 10.0. The van der Waals surface area contributed by atoms with Gasteiger partial charge in [-0.15, -0.1) is 0 Å². The third-order valence-corrected chi connectivity index (χ3v) is 3.98. The summed E-state index contributed by atoms with van der Waals surface area (Å²) in [7, 11) is 0. The first-order valence-corrected chi connectivity index (χ1v) is 8.49. The van der Waals surface area contributed by atoms with Gasteiger partial charge in [0.2, 0.25) is 17.6 Å². The summed E-state index contributed by atoms with van der Waals surface area (Å²) < 4.78 is 18.4. The normalized spacial score (nSPS) is 10.9. The monoisotopic (exact) mass is 353 g/mol. The summed E-state index contributed by atoms with van der Waals surface area (Å²) in [4.78, 5) is 16.3. The second kappa shape index (κ2) is 7.91. The molecule has 3 rings (SSSR count). The highest BCUT2D eigenvalue weighted by molar-refractivity contribution is 5.90. The standard InChI is InChI=1S/C20H20FN3O2/c1-13(2)14-6-8-17(9-7-14)22-18(25)10-11-19-23-20(24-26-19)15-4-3-5-16(21)12-15/h3-9,12-13H,10-11H2,1-2H3,(H,22,25). The molecule has 0 unspecified atom stereocenters. The number of aryl methyl sites for hydroxylation is 1. The highest BCUT2D eigenvalue weighted by Gasteiger charge is 2.11. The van der Waals surface area contributed by atoms with Gasteiger partial charge in [-0.05, 0) is 35.7 Å². The van der Waals surface area contributed by atoms with Crippen LogP contribution in [0, 0.1) is 5.82 Å². The van der Waals surface area contributed by atoms with Crippen LogP contribution in [-0.4, -0.2) is 16.0 Å². The van der Waals surface area contributed by atoms with Crippen LogP contribution in [0.2, 0.25) is 0 Å². The minimum Gasteiger partial charge on any atom is -0.339 e. The highest BCUT2D eigenvalue weighted by Crippen LogP contribution is 2.19. The molecule has 1 amide bonds. The van der Waals surface area contributed by atoms with Crippen molar-refractivity contribution >= 4 is 11.6 Å². The Morgan fingerprint density at radius 2 is 1.96 bits per heavy atom. The van der Waals surface area contributed by atoms with Gasteiger partial charge in [-0.25, -0.2) is 4.39 Å². The zero-order valence-electron chi connectivity index (χ0n) is 14.7. The van der Waals surface area contributed by atoms with E-state index < -0.39 is 0 Å². The van der Waals surface area contributed by atoms with Crippen LogP contribution in [0.4, 0.5) is 10.1 Å². The van der Waals surface area contributed by atoms with Crippen LogP contribution < -0.4 is 5.32 Å². The Labute approximate surface area is 151 Å². The second-order valence-corrected chi connectivity index (χ2v) is 6.35. The number of nitrogens with one attached hydrogen (secondary N) is 1. The van der Waals surface area contributed by atoms with E-state index in [9.17, 15) is 9.18 Å². The fourth-order valence-electron chi connectivity index (χ4n) is 2.50. The predicted molar refractivity (Wildman–Crippen MR) is 97.2 cm³/mol. The topological polar surface area (TPSA) is 68.0 Å². The lowest BCUT2D eigenvalue weighted by Crippen LogP contribution is -2.12. The van der Waals surface area contributed by atoms with Crippen molar-refractivity contribution in [1.82, 2.24) is 10.1 Å². The van der Waals surface area contributed by atoms with Gasteiger partial charge in [-0.2, -0.15) is 4.98 Å². The van der Waals surface area contributed by atoms with E-state index in [-0.39, 0.29) is 18.1 Å². The molecule has 1 aromatic heterocycles. The van der Waals surface area contributed by atoms with Gasteiger partial charge in [0.1, 0.15) is 5.82 Å². The third kappa shape index (κ3) is 4.53. The van der Waals surface area contributed by atoms with E-state index >= 15 is 0 Å². The molecule has 5 nitrogen and oxygen atoms in total. The molecule has 1 N–H and O–H groups in total. The van der Waals surface area contributed by atoms with E-state index in [1.165, 1.54) is 17.7 Å². The molecule has 1 heterocycles. The Morgan fingerprint density at radius 1 is 1.19 bits per heavy atom. The number of halogens is 1. The number of carbonyl (C=O) groups excluding carboxylic acids is 1. The number of nitrogens with zero attached hydrogens (tertiary/aromatic N) is 2. The number of benzene rings is 2. The van der Waals surface area contributed by atoms with Crippen molar-refractivity contribution in [3.63, 3.8) is 0 Å².